The first-order valence-corrected chi connectivity index (χ1v) is 11.8. The third-order valence-electron chi connectivity index (χ3n) is 5.15. The summed E-state index contributed by atoms with van der Waals surface area (Å²) in [7, 11) is -2.50. The molecule has 3 rings (SSSR count). The van der Waals surface area contributed by atoms with Gasteiger partial charge in [0.1, 0.15) is 17.8 Å². The highest BCUT2D eigenvalue weighted by Crippen LogP contribution is 2.25. The molecule has 1 aliphatic heterocycles. The molecule has 2 N–H and O–H groups in total. The molecule has 2 aromatic rings. The fourth-order valence-electron chi connectivity index (χ4n) is 3.50. The lowest BCUT2D eigenvalue weighted by molar-refractivity contribution is -0.140. The number of ether oxygens (including phenoxy) is 2. The summed E-state index contributed by atoms with van der Waals surface area (Å²) in [4.78, 5) is 24.4. The normalized spacial score (nSPS) is 16.8. The van der Waals surface area contributed by atoms with Gasteiger partial charge >= 0.3 is 11.8 Å². The summed E-state index contributed by atoms with van der Waals surface area (Å²) in [6, 6.07) is 10.5. The Balaban J connectivity index is 1.62. The second kappa shape index (κ2) is 10.7. The van der Waals surface area contributed by atoms with Gasteiger partial charge in [-0.2, -0.15) is 4.31 Å². The number of methoxy groups -OCH3 is 1. The van der Waals surface area contributed by atoms with Crippen LogP contribution in [0.4, 0.5) is 4.39 Å². The molecule has 0 saturated carbocycles. The zero-order chi connectivity index (χ0) is 24.0. The summed E-state index contributed by atoms with van der Waals surface area (Å²) >= 11 is 0. The molecule has 1 aliphatic rings. The summed E-state index contributed by atoms with van der Waals surface area (Å²) in [5.41, 5.74) is 0.961. The van der Waals surface area contributed by atoms with Crippen molar-refractivity contribution in [2.75, 3.05) is 26.8 Å². The Bertz CT molecular complexity index is 1120. The zero-order valence-electron chi connectivity index (χ0n) is 18.3. The molecule has 0 unspecified atom stereocenters. The van der Waals surface area contributed by atoms with Gasteiger partial charge in [0.15, 0.2) is 0 Å². The SMILES string of the molecule is COc1ccccc1CNC(=O)C(=O)NC[C@@H]1OCCCN1S(=O)(=O)c1ccc(F)cc1C. The number of amides is 2. The first-order chi connectivity index (χ1) is 15.7. The number of nitrogens with zero attached hydrogens (tertiary/aromatic N) is 1. The van der Waals surface area contributed by atoms with Crippen LogP contribution in [0, 0.1) is 12.7 Å². The van der Waals surface area contributed by atoms with E-state index in [1.165, 1.54) is 20.1 Å². The molecule has 0 aliphatic carbocycles. The monoisotopic (exact) mass is 479 g/mol. The van der Waals surface area contributed by atoms with E-state index in [-0.39, 0.29) is 30.1 Å². The average molecular weight is 480 g/mol. The van der Waals surface area contributed by atoms with Gasteiger partial charge in [0.2, 0.25) is 10.0 Å². The number of para-hydroxylation sites is 1. The van der Waals surface area contributed by atoms with E-state index in [2.05, 4.69) is 10.6 Å². The molecule has 33 heavy (non-hydrogen) atoms. The molecular formula is C22H26FN3O6S. The second-order valence-corrected chi connectivity index (χ2v) is 9.27. The number of rotatable bonds is 7. The number of aryl methyl sites for hydroxylation is 1. The van der Waals surface area contributed by atoms with Gasteiger partial charge in [0.25, 0.3) is 0 Å². The highest BCUT2D eigenvalue weighted by atomic mass is 32.2. The van der Waals surface area contributed by atoms with E-state index in [0.29, 0.717) is 24.3 Å². The van der Waals surface area contributed by atoms with E-state index in [9.17, 15) is 22.4 Å². The molecule has 0 aromatic heterocycles. The van der Waals surface area contributed by atoms with Crippen LogP contribution < -0.4 is 15.4 Å². The molecular weight excluding hydrogens is 453 g/mol. The summed E-state index contributed by atoms with van der Waals surface area (Å²) in [6.07, 6.45) is -0.539. The lowest BCUT2D eigenvalue weighted by atomic mass is 10.2. The van der Waals surface area contributed by atoms with E-state index < -0.39 is 33.9 Å². The van der Waals surface area contributed by atoms with Crippen LogP contribution in [0.3, 0.4) is 0 Å². The standard InChI is InChI=1S/C22H26FN3O6S/c1-15-12-17(23)8-9-19(15)33(29,30)26-10-5-11-32-20(26)14-25-22(28)21(27)24-13-16-6-3-4-7-18(16)31-2/h3-4,6-9,12,20H,5,10-11,13-14H2,1-2H3,(H,24,27)(H,25,28)/t20-/m0/s1. The topological polar surface area (TPSA) is 114 Å². The van der Waals surface area contributed by atoms with Crippen molar-refractivity contribution in [1.29, 1.82) is 0 Å². The van der Waals surface area contributed by atoms with Gasteiger partial charge in [0.05, 0.1) is 25.2 Å². The van der Waals surface area contributed by atoms with Crippen molar-refractivity contribution in [3.8, 4) is 5.75 Å². The number of sulfonamides is 1. The Morgan fingerprint density at radius 2 is 1.91 bits per heavy atom. The molecule has 0 spiro atoms. The Labute approximate surface area is 191 Å². The van der Waals surface area contributed by atoms with Crippen LogP contribution in [0.1, 0.15) is 17.5 Å². The molecule has 0 radical (unpaired) electrons. The van der Waals surface area contributed by atoms with Crippen LogP contribution in [-0.2, 0) is 30.9 Å². The van der Waals surface area contributed by atoms with Crippen LogP contribution in [0.5, 0.6) is 5.75 Å². The first-order valence-electron chi connectivity index (χ1n) is 10.3. The molecule has 9 nitrogen and oxygen atoms in total. The number of nitrogens with one attached hydrogen (secondary N) is 2. The van der Waals surface area contributed by atoms with Crippen LogP contribution in [0.25, 0.3) is 0 Å². The van der Waals surface area contributed by atoms with Gasteiger partial charge in [-0.25, -0.2) is 12.8 Å². The van der Waals surface area contributed by atoms with E-state index in [4.69, 9.17) is 9.47 Å². The van der Waals surface area contributed by atoms with Gasteiger partial charge < -0.3 is 20.1 Å². The quantitative estimate of drug-likeness (QED) is 0.579. The molecule has 2 aromatic carbocycles. The van der Waals surface area contributed by atoms with Gasteiger partial charge in [-0.1, -0.05) is 18.2 Å². The van der Waals surface area contributed by atoms with E-state index >= 15 is 0 Å². The number of carbonyl (C=O) groups is 2. The van der Waals surface area contributed by atoms with Gasteiger partial charge in [0, 0.05) is 18.7 Å². The van der Waals surface area contributed by atoms with Crippen molar-refractivity contribution in [3.05, 3.63) is 59.4 Å². The Morgan fingerprint density at radius 1 is 1.18 bits per heavy atom. The minimum atomic E-state index is -4.00. The van der Waals surface area contributed by atoms with Crippen molar-refractivity contribution < 1.29 is 31.9 Å². The maximum absolute atomic E-state index is 13.4. The average Bonchev–Trinajstić information content (AvgIpc) is 2.81. The highest BCUT2D eigenvalue weighted by Gasteiger charge is 2.35. The molecule has 11 heteroatoms. The number of hydrogen-bond acceptors (Lipinski definition) is 6. The largest absolute Gasteiger partial charge is 0.496 e. The van der Waals surface area contributed by atoms with Crippen molar-refractivity contribution in [2.45, 2.75) is 31.0 Å². The zero-order valence-corrected chi connectivity index (χ0v) is 19.2. The second-order valence-electron chi connectivity index (χ2n) is 7.41. The Hall–Kier alpha value is -3.02. The summed E-state index contributed by atoms with van der Waals surface area (Å²) in [5, 5.41) is 4.92. The molecule has 1 heterocycles. The molecule has 1 saturated heterocycles. The highest BCUT2D eigenvalue weighted by molar-refractivity contribution is 7.89. The van der Waals surface area contributed by atoms with Crippen LogP contribution in [0.2, 0.25) is 0 Å². The van der Waals surface area contributed by atoms with E-state index in [1.807, 2.05) is 0 Å². The predicted octanol–water partition coefficient (Wildman–Crippen LogP) is 1.31. The number of carbonyl (C=O) groups excluding carboxylic acids is 2. The maximum Gasteiger partial charge on any atom is 0.309 e. The smallest absolute Gasteiger partial charge is 0.309 e. The first kappa shape index (κ1) is 24.6. The fourth-order valence-corrected chi connectivity index (χ4v) is 5.27. The lowest BCUT2D eigenvalue weighted by Gasteiger charge is -2.34. The van der Waals surface area contributed by atoms with E-state index in [0.717, 1.165) is 16.4 Å². The summed E-state index contributed by atoms with van der Waals surface area (Å²) in [5.74, 6) is -1.76. The Kier molecular flexibility index (Phi) is 8.01. The van der Waals surface area contributed by atoms with Gasteiger partial charge in [-0.15, -0.1) is 0 Å². The van der Waals surface area contributed by atoms with Crippen molar-refractivity contribution in [1.82, 2.24) is 14.9 Å². The molecule has 0 bridgehead atoms. The van der Waals surface area contributed by atoms with E-state index in [1.54, 1.807) is 24.3 Å². The molecule has 1 atom stereocenters. The summed E-state index contributed by atoms with van der Waals surface area (Å²) in [6.45, 7) is 1.83. The number of hydrogen-bond donors (Lipinski definition) is 2. The molecule has 178 valence electrons. The summed E-state index contributed by atoms with van der Waals surface area (Å²) < 4.78 is 51.6. The van der Waals surface area contributed by atoms with Crippen LogP contribution in [0.15, 0.2) is 47.4 Å². The maximum atomic E-state index is 13.4. The molecule has 2 amide bonds. The molecule has 1 fully saturated rings. The lowest BCUT2D eigenvalue weighted by Crippen LogP contribution is -2.53. The third-order valence-corrected chi connectivity index (χ3v) is 7.20. The predicted molar refractivity (Wildman–Crippen MR) is 117 cm³/mol. The van der Waals surface area contributed by atoms with Gasteiger partial charge in [-0.05, 0) is 43.2 Å². The van der Waals surface area contributed by atoms with Crippen LogP contribution in [-0.4, -0.2) is 57.6 Å². The van der Waals surface area contributed by atoms with Gasteiger partial charge in [-0.3, -0.25) is 9.59 Å². The fraction of sp³-hybridized carbons (Fsp3) is 0.364. The minimum Gasteiger partial charge on any atom is -0.496 e. The van der Waals surface area contributed by atoms with Crippen molar-refractivity contribution in [2.24, 2.45) is 0 Å². The number of benzene rings is 2. The van der Waals surface area contributed by atoms with Crippen molar-refractivity contribution in [3.63, 3.8) is 0 Å². The number of halogens is 1. The minimum absolute atomic E-state index is 0.0414. The third kappa shape index (κ3) is 5.86. The van der Waals surface area contributed by atoms with Crippen molar-refractivity contribution >= 4 is 21.8 Å². The van der Waals surface area contributed by atoms with Crippen LogP contribution >= 0.6 is 0 Å². The Morgan fingerprint density at radius 3 is 2.64 bits per heavy atom.